The number of aromatic nitrogens is 1. The molecule has 0 atom stereocenters. The van der Waals surface area contributed by atoms with Gasteiger partial charge in [-0.25, -0.2) is 8.42 Å². The second kappa shape index (κ2) is 8.01. The molecule has 138 valence electrons. The van der Waals surface area contributed by atoms with Crippen LogP contribution < -0.4 is 4.74 Å². The second-order valence-electron chi connectivity index (χ2n) is 6.57. The zero-order valence-corrected chi connectivity index (χ0v) is 16.3. The van der Waals surface area contributed by atoms with E-state index in [0.29, 0.717) is 29.7 Å². The highest BCUT2D eigenvalue weighted by Gasteiger charge is 2.23. The van der Waals surface area contributed by atoms with Crippen LogP contribution in [0.5, 0.6) is 5.75 Å². The predicted molar refractivity (Wildman–Crippen MR) is 96.0 cm³/mol. The highest BCUT2D eigenvalue weighted by Crippen LogP contribution is 2.22. The molecule has 0 aliphatic rings. The van der Waals surface area contributed by atoms with Gasteiger partial charge in [-0.15, -0.1) is 0 Å². The van der Waals surface area contributed by atoms with Gasteiger partial charge in [0.05, 0.1) is 17.2 Å². The third-order valence-corrected chi connectivity index (χ3v) is 5.88. The van der Waals surface area contributed by atoms with Crippen molar-refractivity contribution in [3.05, 3.63) is 41.3 Å². The monoisotopic (exact) mass is 366 g/mol. The van der Waals surface area contributed by atoms with Gasteiger partial charge in [-0.1, -0.05) is 19.0 Å². The van der Waals surface area contributed by atoms with Gasteiger partial charge in [-0.3, -0.25) is 0 Å². The molecule has 6 nitrogen and oxygen atoms in total. The van der Waals surface area contributed by atoms with E-state index in [2.05, 4.69) is 19.0 Å². The Morgan fingerprint density at radius 1 is 1.20 bits per heavy atom. The summed E-state index contributed by atoms with van der Waals surface area (Å²) in [6.45, 7) is 8.68. The van der Waals surface area contributed by atoms with Crippen molar-refractivity contribution in [1.82, 2.24) is 9.46 Å². The van der Waals surface area contributed by atoms with Crippen LogP contribution in [-0.2, 0) is 16.6 Å². The molecule has 0 aliphatic carbocycles. The van der Waals surface area contributed by atoms with Crippen molar-refractivity contribution in [3.8, 4) is 5.75 Å². The van der Waals surface area contributed by atoms with Gasteiger partial charge in [0.1, 0.15) is 11.5 Å². The Kier molecular flexibility index (Phi) is 6.24. The van der Waals surface area contributed by atoms with E-state index in [1.165, 1.54) is 4.31 Å². The average molecular weight is 366 g/mol. The first kappa shape index (κ1) is 19.5. The maximum Gasteiger partial charge on any atom is 0.243 e. The molecule has 0 saturated heterocycles. The standard InChI is InChI=1S/C18H26N2O4S/c1-13(2)10-11-23-16-6-8-17(9-7-16)25(21,22)20(5)12-18-14(3)19-24-15(18)4/h6-9,13H,10-12H2,1-5H3. The Bertz CT molecular complexity index is 775. The fraction of sp³-hybridized carbons (Fsp3) is 0.500. The van der Waals surface area contributed by atoms with E-state index in [1.807, 2.05) is 0 Å². The molecule has 0 amide bonds. The number of nitrogens with zero attached hydrogens (tertiary/aromatic N) is 2. The highest BCUT2D eigenvalue weighted by molar-refractivity contribution is 7.89. The van der Waals surface area contributed by atoms with Gasteiger partial charge in [0.2, 0.25) is 10.0 Å². The minimum absolute atomic E-state index is 0.218. The SMILES string of the molecule is Cc1noc(C)c1CN(C)S(=O)(=O)c1ccc(OCCC(C)C)cc1. The lowest BCUT2D eigenvalue weighted by Gasteiger charge is -2.17. The summed E-state index contributed by atoms with van der Waals surface area (Å²) in [6, 6.07) is 6.53. The fourth-order valence-electron chi connectivity index (χ4n) is 2.34. The Hall–Kier alpha value is -1.86. The molecule has 0 spiro atoms. The topological polar surface area (TPSA) is 72.6 Å². The van der Waals surface area contributed by atoms with Crippen molar-refractivity contribution in [2.75, 3.05) is 13.7 Å². The Balaban J connectivity index is 2.08. The molecule has 0 N–H and O–H groups in total. The van der Waals surface area contributed by atoms with E-state index in [4.69, 9.17) is 9.26 Å². The van der Waals surface area contributed by atoms with Crippen LogP contribution in [-0.4, -0.2) is 31.5 Å². The molecule has 0 aliphatic heterocycles. The molecule has 1 heterocycles. The first-order valence-electron chi connectivity index (χ1n) is 8.32. The number of sulfonamides is 1. The van der Waals surface area contributed by atoms with Crippen LogP contribution in [0.2, 0.25) is 0 Å². The quantitative estimate of drug-likeness (QED) is 0.714. The summed E-state index contributed by atoms with van der Waals surface area (Å²) in [5.41, 5.74) is 1.49. The van der Waals surface area contributed by atoms with Crippen molar-refractivity contribution < 1.29 is 17.7 Å². The van der Waals surface area contributed by atoms with Gasteiger partial charge in [-0.2, -0.15) is 4.31 Å². The molecule has 1 aromatic heterocycles. The molecule has 0 unspecified atom stereocenters. The van der Waals surface area contributed by atoms with Crippen molar-refractivity contribution >= 4 is 10.0 Å². The van der Waals surface area contributed by atoms with E-state index in [1.54, 1.807) is 45.2 Å². The molecule has 1 aromatic carbocycles. The first-order chi connectivity index (χ1) is 11.7. The van der Waals surface area contributed by atoms with E-state index < -0.39 is 10.0 Å². The molecule has 0 fully saturated rings. The molecule has 2 aromatic rings. The second-order valence-corrected chi connectivity index (χ2v) is 8.61. The van der Waals surface area contributed by atoms with Gasteiger partial charge in [0, 0.05) is 19.2 Å². The zero-order valence-electron chi connectivity index (χ0n) is 15.4. The van der Waals surface area contributed by atoms with Crippen molar-refractivity contribution in [1.29, 1.82) is 0 Å². The normalized spacial score (nSPS) is 12.1. The Labute approximate surface area is 149 Å². The maximum absolute atomic E-state index is 12.7. The lowest BCUT2D eigenvalue weighted by molar-refractivity contribution is 0.289. The van der Waals surface area contributed by atoms with Crippen LogP contribution in [0, 0.1) is 19.8 Å². The van der Waals surface area contributed by atoms with Gasteiger partial charge < -0.3 is 9.26 Å². The van der Waals surface area contributed by atoms with Crippen LogP contribution in [0.25, 0.3) is 0 Å². The van der Waals surface area contributed by atoms with Crippen molar-refractivity contribution in [3.63, 3.8) is 0 Å². The minimum atomic E-state index is -3.59. The number of rotatable bonds is 8. The van der Waals surface area contributed by atoms with Gasteiger partial charge in [0.15, 0.2) is 0 Å². The number of aryl methyl sites for hydroxylation is 2. The zero-order chi connectivity index (χ0) is 18.6. The molecule has 0 saturated carbocycles. The summed E-state index contributed by atoms with van der Waals surface area (Å²) in [4.78, 5) is 0.234. The van der Waals surface area contributed by atoms with Gasteiger partial charge in [-0.05, 0) is 50.5 Å². The number of hydrogen-bond acceptors (Lipinski definition) is 5. The van der Waals surface area contributed by atoms with Crippen LogP contribution >= 0.6 is 0 Å². The Morgan fingerprint density at radius 2 is 1.84 bits per heavy atom. The third-order valence-electron chi connectivity index (χ3n) is 4.06. The summed E-state index contributed by atoms with van der Waals surface area (Å²) in [5, 5.41) is 3.86. The van der Waals surface area contributed by atoms with Gasteiger partial charge in [0.25, 0.3) is 0 Å². The smallest absolute Gasteiger partial charge is 0.243 e. The summed E-state index contributed by atoms with van der Waals surface area (Å²) in [7, 11) is -2.04. The molecule has 0 bridgehead atoms. The van der Waals surface area contributed by atoms with Crippen molar-refractivity contribution in [2.45, 2.75) is 45.6 Å². The maximum atomic E-state index is 12.7. The summed E-state index contributed by atoms with van der Waals surface area (Å²) >= 11 is 0. The fourth-order valence-corrected chi connectivity index (χ4v) is 3.47. The molecule has 7 heteroatoms. The van der Waals surface area contributed by atoms with E-state index in [9.17, 15) is 8.42 Å². The largest absolute Gasteiger partial charge is 0.494 e. The Morgan fingerprint density at radius 3 is 2.36 bits per heavy atom. The summed E-state index contributed by atoms with van der Waals surface area (Å²) < 4.78 is 37.5. The lowest BCUT2D eigenvalue weighted by Crippen LogP contribution is -2.26. The molecule has 25 heavy (non-hydrogen) atoms. The minimum Gasteiger partial charge on any atom is -0.494 e. The first-order valence-corrected chi connectivity index (χ1v) is 9.76. The number of ether oxygens (including phenoxy) is 1. The number of benzene rings is 1. The molecule has 0 radical (unpaired) electrons. The predicted octanol–water partition coefficient (Wildman–Crippen LogP) is 3.54. The van der Waals surface area contributed by atoms with Crippen molar-refractivity contribution in [2.24, 2.45) is 5.92 Å². The number of hydrogen-bond donors (Lipinski definition) is 0. The molecular weight excluding hydrogens is 340 g/mol. The van der Waals surface area contributed by atoms with Crippen LogP contribution in [0.4, 0.5) is 0 Å². The summed E-state index contributed by atoms with van der Waals surface area (Å²) in [5.74, 6) is 1.87. The third kappa shape index (κ3) is 4.83. The molecular formula is C18H26N2O4S. The van der Waals surface area contributed by atoms with Crippen LogP contribution in [0.3, 0.4) is 0 Å². The summed E-state index contributed by atoms with van der Waals surface area (Å²) in [6.07, 6.45) is 0.959. The molecule has 2 rings (SSSR count). The highest BCUT2D eigenvalue weighted by atomic mass is 32.2. The lowest BCUT2D eigenvalue weighted by atomic mass is 10.1. The van der Waals surface area contributed by atoms with E-state index in [0.717, 1.165) is 12.0 Å². The van der Waals surface area contributed by atoms with Crippen LogP contribution in [0.1, 0.15) is 37.3 Å². The van der Waals surface area contributed by atoms with Gasteiger partial charge >= 0.3 is 0 Å². The van der Waals surface area contributed by atoms with Crippen LogP contribution in [0.15, 0.2) is 33.7 Å². The average Bonchev–Trinajstić information content (AvgIpc) is 2.87. The van der Waals surface area contributed by atoms with E-state index in [-0.39, 0.29) is 11.4 Å². The van der Waals surface area contributed by atoms with E-state index >= 15 is 0 Å².